The van der Waals surface area contributed by atoms with Crippen LogP contribution >= 0.6 is 11.6 Å². The average molecular weight is 292 g/mol. The predicted molar refractivity (Wildman–Crippen MR) is 75.3 cm³/mol. The Morgan fingerprint density at radius 2 is 1.70 bits per heavy atom. The Morgan fingerprint density at radius 1 is 1.05 bits per heavy atom. The molecular weight excluding hydrogens is 274 g/mol. The first-order chi connectivity index (χ1) is 9.69. The van der Waals surface area contributed by atoms with Crippen LogP contribution in [0.15, 0.2) is 12.1 Å². The molecule has 4 nitrogen and oxygen atoms in total. The highest BCUT2D eigenvalue weighted by atomic mass is 35.5. The van der Waals surface area contributed by atoms with Gasteiger partial charge in [0.1, 0.15) is 0 Å². The lowest BCUT2D eigenvalue weighted by Gasteiger charge is -2.54. The fourth-order valence-corrected chi connectivity index (χ4v) is 4.92. The van der Waals surface area contributed by atoms with Gasteiger partial charge in [-0.25, -0.2) is 0 Å². The third-order valence-corrected chi connectivity index (χ3v) is 5.59. The minimum atomic E-state index is -0.105. The molecule has 0 aromatic carbocycles. The van der Waals surface area contributed by atoms with Crippen molar-refractivity contribution in [3.05, 3.63) is 23.0 Å². The number of aromatic nitrogens is 2. The number of nitrogens with zero attached hydrogens (tertiary/aromatic N) is 2. The summed E-state index contributed by atoms with van der Waals surface area (Å²) in [5.41, 5.74) is 0.364. The Morgan fingerprint density at radius 3 is 2.25 bits per heavy atom. The van der Waals surface area contributed by atoms with E-state index in [0.29, 0.717) is 28.7 Å². The highest BCUT2D eigenvalue weighted by molar-refractivity contribution is 6.29. The molecule has 4 saturated carbocycles. The highest BCUT2D eigenvalue weighted by Gasteiger charge is 2.48. The van der Waals surface area contributed by atoms with Gasteiger partial charge in [0.05, 0.1) is 0 Å². The number of nitrogens with one attached hydrogen (secondary N) is 1. The number of amides is 1. The van der Waals surface area contributed by atoms with Gasteiger partial charge < -0.3 is 5.32 Å². The van der Waals surface area contributed by atoms with E-state index in [1.807, 2.05) is 0 Å². The number of hydrogen-bond acceptors (Lipinski definition) is 3. The highest BCUT2D eigenvalue weighted by Crippen LogP contribution is 2.53. The van der Waals surface area contributed by atoms with Crippen molar-refractivity contribution in [3.8, 4) is 0 Å². The van der Waals surface area contributed by atoms with Gasteiger partial charge in [0.2, 0.25) is 0 Å². The first-order valence-corrected chi connectivity index (χ1v) is 7.87. The molecular formula is C15H18ClN3O. The zero-order valence-corrected chi connectivity index (χ0v) is 12.0. The van der Waals surface area contributed by atoms with Gasteiger partial charge in [-0.15, -0.1) is 10.2 Å². The Hall–Kier alpha value is -1.16. The summed E-state index contributed by atoms with van der Waals surface area (Å²) in [5.74, 6) is 3.08. The van der Waals surface area contributed by atoms with E-state index in [-0.39, 0.29) is 5.91 Å². The molecule has 0 atom stereocenters. The van der Waals surface area contributed by atoms with Crippen molar-refractivity contribution in [2.45, 2.75) is 38.1 Å². The summed E-state index contributed by atoms with van der Waals surface area (Å²) in [7, 11) is 0. The molecule has 0 spiro atoms. The van der Waals surface area contributed by atoms with Crippen molar-refractivity contribution < 1.29 is 4.79 Å². The van der Waals surface area contributed by atoms with E-state index < -0.39 is 0 Å². The molecule has 106 valence electrons. The predicted octanol–water partition coefficient (Wildman–Crippen LogP) is 2.68. The van der Waals surface area contributed by atoms with Gasteiger partial charge in [-0.05, 0) is 67.9 Å². The molecule has 0 saturated heterocycles. The topological polar surface area (TPSA) is 54.9 Å². The normalized spacial score (nSPS) is 38.0. The van der Waals surface area contributed by atoms with Crippen LogP contribution in [0.4, 0.5) is 0 Å². The van der Waals surface area contributed by atoms with Gasteiger partial charge >= 0.3 is 0 Å². The number of hydrogen-bond donors (Lipinski definition) is 1. The first-order valence-electron chi connectivity index (χ1n) is 7.49. The van der Waals surface area contributed by atoms with Crippen LogP contribution < -0.4 is 5.32 Å². The van der Waals surface area contributed by atoms with Crippen molar-refractivity contribution >= 4 is 17.5 Å². The standard InChI is InChI=1S/C15H18ClN3O/c16-13-2-1-12(18-19-13)15(20)17-14-10-4-8-3-9(6-10)7-11(14)5-8/h1-2,8-11,14H,3-7H2,(H,17,20). The van der Waals surface area contributed by atoms with Gasteiger partial charge in [0.15, 0.2) is 10.8 Å². The van der Waals surface area contributed by atoms with Crippen molar-refractivity contribution in [1.29, 1.82) is 0 Å². The average Bonchev–Trinajstić information content (AvgIpc) is 2.42. The number of carbonyl (C=O) groups excluding carboxylic acids is 1. The second kappa shape index (κ2) is 4.69. The second-order valence-corrected chi connectivity index (χ2v) is 7.06. The van der Waals surface area contributed by atoms with Crippen molar-refractivity contribution in [2.75, 3.05) is 0 Å². The summed E-state index contributed by atoms with van der Waals surface area (Å²) >= 11 is 5.70. The zero-order valence-electron chi connectivity index (χ0n) is 11.3. The van der Waals surface area contributed by atoms with Gasteiger partial charge in [-0.3, -0.25) is 4.79 Å². The molecule has 0 radical (unpaired) electrons. The Balaban J connectivity index is 1.49. The molecule has 4 bridgehead atoms. The Kier molecular flexibility index (Phi) is 2.95. The summed E-state index contributed by atoms with van der Waals surface area (Å²) in [4.78, 5) is 12.3. The lowest BCUT2D eigenvalue weighted by Crippen LogP contribution is -2.55. The molecule has 1 aromatic rings. The Bertz CT molecular complexity index is 502. The van der Waals surface area contributed by atoms with E-state index in [0.717, 1.165) is 11.8 Å². The maximum Gasteiger partial charge on any atom is 0.272 e. The van der Waals surface area contributed by atoms with E-state index in [1.54, 1.807) is 12.1 Å². The zero-order chi connectivity index (χ0) is 13.7. The van der Waals surface area contributed by atoms with E-state index >= 15 is 0 Å². The first kappa shape index (κ1) is 12.6. The van der Waals surface area contributed by atoms with Crippen LogP contribution in [0.25, 0.3) is 0 Å². The van der Waals surface area contributed by atoms with Crippen LogP contribution in [0.5, 0.6) is 0 Å². The maximum absolute atomic E-state index is 12.3. The van der Waals surface area contributed by atoms with Crippen LogP contribution in [0.1, 0.15) is 42.6 Å². The van der Waals surface area contributed by atoms with E-state index in [4.69, 9.17) is 11.6 Å². The fourth-order valence-electron chi connectivity index (χ4n) is 4.82. The number of halogens is 1. The molecule has 4 aliphatic carbocycles. The van der Waals surface area contributed by atoms with Crippen molar-refractivity contribution in [3.63, 3.8) is 0 Å². The molecule has 5 heteroatoms. The fraction of sp³-hybridized carbons (Fsp3) is 0.667. The molecule has 0 unspecified atom stereocenters. The summed E-state index contributed by atoms with van der Waals surface area (Å²) < 4.78 is 0. The molecule has 1 amide bonds. The molecule has 1 heterocycles. The lowest BCUT2D eigenvalue weighted by atomic mass is 9.54. The maximum atomic E-state index is 12.3. The third kappa shape index (κ3) is 2.10. The SMILES string of the molecule is O=C(NC1C2CC3CC(C2)CC1C3)c1ccc(Cl)nn1. The molecule has 0 aliphatic heterocycles. The molecule has 4 aliphatic rings. The molecule has 1 N–H and O–H groups in total. The quantitative estimate of drug-likeness (QED) is 0.911. The summed E-state index contributed by atoms with van der Waals surface area (Å²) in [6.45, 7) is 0. The minimum Gasteiger partial charge on any atom is -0.347 e. The minimum absolute atomic E-state index is 0.105. The third-order valence-electron chi connectivity index (χ3n) is 5.39. The Labute approximate surface area is 123 Å². The number of rotatable bonds is 2. The second-order valence-electron chi connectivity index (χ2n) is 6.67. The summed E-state index contributed by atoms with van der Waals surface area (Å²) in [5, 5.41) is 11.1. The van der Waals surface area contributed by atoms with Crippen molar-refractivity contribution in [2.24, 2.45) is 23.7 Å². The summed E-state index contributed by atoms with van der Waals surface area (Å²) in [6, 6.07) is 3.59. The lowest BCUT2D eigenvalue weighted by molar-refractivity contribution is -0.0120. The molecule has 1 aromatic heterocycles. The van der Waals surface area contributed by atoms with Gasteiger partial charge in [-0.1, -0.05) is 11.6 Å². The largest absolute Gasteiger partial charge is 0.347 e. The molecule has 5 rings (SSSR count). The van der Waals surface area contributed by atoms with Crippen LogP contribution in [-0.2, 0) is 0 Å². The number of carbonyl (C=O) groups is 1. The van der Waals surface area contributed by atoms with Crippen LogP contribution in [-0.4, -0.2) is 22.1 Å². The smallest absolute Gasteiger partial charge is 0.272 e. The van der Waals surface area contributed by atoms with Crippen LogP contribution in [0, 0.1) is 23.7 Å². The van der Waals surface area contributed by atoms with Crippen molar-refractivity contribution in [1.82, 2.24) is 15.5 Å². The molecule has 20 heavy (non-hydrogen) atoms. The van der Waals surface area contributed by atoms with Crippen LogP contribution in [0.2, 0.25) is 5.15 Å². The van der Waals surface area contributed by atoms with Gasteiger partial charge in [0, 0.05) is 6.04 Å². The van der Waals surface area contributed by atoms with Gasteiger partial charge in [-0.2, -0.15) is 0 Å². The van der Waals surface area contributed by atoms with E-state index in [1.165, 1.54) is 32.1 Å². The van der Waals surface area contributed by atoms with E-state index in [2.05, 4.69) is 15.5 Å². The van der Waals surface area contributed by atoms with E-state index in [9.17, 15) is 4.79 Å². The van der Waals surface area contributed by atoms with Crippen LogP contribution in [0.3, 0.4) is 0 Å². The molecule has 4 fully saturated rings. The van der Waals surface area contributed by atoms with Gasteiger partial charge in [0.25, 0.3) is 5.91 Å². The summed E-state index contributed by atoms with van der Waals surface area (Å²) in [6.07, 6.45) is 6.61. The monoisotopic (exact) mass is 291 g/mol.